The van der Waals surface area contributed by atoms with Crippen molar-refractivity contribution in [2.24, 2.45) is 11.7 Å². The van der Waals surface area contributed by atoms with Crippen LogP contribution in [0.1, 0.15) is 26.7 Å². The Hall–Kier alpha value is -0.610. The molecule has 1 rings (SSSR count). The zero-order chi connectivity index (χ0) is 10.6. The van der Waals surface area contributed by atoms with E-state index in [1.165, 1.54) is 0 Å². The van der Waals surface area contributed by atoms with Crippen molar-refractivity contribution in [1.82, 2.24) is 5.32 Å². The highest BCUT2D eigenvalue weighted by Crippen LogP contribution is 2.16. The van der Waals surface area contributed by atoms with Crippen molar-refractivity contribution < 1.29 is 9.53 Å². The summed E-state index contributed by atoms with van der Waals surface area (Å²) in [4.78, 5) is 11.6. The summed E-state index contributed by atoms with van der Waals surface area (Å²) in [6.45, 7) is 5.82. The largest absolute Gasteiger partial charge is 0.381 e. The standard InChI is InChI=1S/C10H20N2O2/c1-10(2,7-11)12-9(13)5-8-3-4-14-6-8/h8H,3-7,11H2,1-2H3,(H,12,13). The molecule has 0 radical (unpaired) electrons. The third-order valence-corrected chi connectivity index (χ3v) is 2.49. The molecule has 1 heterocycles. The molecule has 1 amide bonds. The van der Waals surface area contributed by atoms with Crippen LogP contribution in [0.4, 0.5) is 0 Å². The first kappa shape index (κ1) is 11.5. The van der Waals surface area contributed by atoms with Gasteiger partial charge in [0.25, 0.3) is 0 Å². The fraction of sp³-hybridized carbons (Fsp3) is 0.900. The maximum Gasteiger partial charge on any atom is 0.220 e. The summed E-state index contributed by atoms with van der Waals surface area (Å²) in [5, 5.41) is 2.91. The number of nitrogens with two attached hydrogens (primary N) is 1. The van der Waals surface area contributed by atoms with E-state index in [1.807, 2.05) is 13.8 Å². The quantitative estimate of drug-likeness (QED) is 0.684. The molecule has 1 atom stereocenters. The molecule has 14 heavy (non-hydrogen) atoms. The van der Waals surface area contributed by atoms with E-state index in [0.717, 1.165) is 19.6 Å². The molecule has 0 aliphatic carbocycles. The fourth-order valence-corrected chi connectivity index (χ4v) is 1.49. The second-order valence-electron chi connectivity index (χ2n) is 4.57. The van der Waals surface area contributed by atoms with Crippen LogP contribution in [0.2, 0.25) is 0 Å². The molecule has 0 aromatic rings. The lowest BCUT2D eigenvalue weighted by Gasteiger charge is -2.24. The van der Waals surface area contributed by atoms with E-state index in [0.29, 0.717) is 18.9 Å². The number of rotatable bonds is 4. The van der Waals surface area contributed by atoms with Crippen molar-refractivity contribution in [3.05, 3.63) is 0 Å². The van der Waals surface area contributed by atoms with Crippen LogP contribution in [-0.4, -0.2) is 31.2 Å². The Labute approximate surface area is 85.2 Å². The average Bonchev–Trinajstić information content (AvgIpc) is 2.55. The van der Waals surface area contributed by atoms with E-state index in [-0.39, 0.29) is 11.4 Å². The minimum absolute atomic E-state index is 0.0796. The molecule has 0 aromatic carbocycles. The number of amides is 1. The normalized spacial score (nSPS) is 22.4. The van der Waals surface area contributed by atoms with E-state index in [2.05, 4.69) is 5.32 Å². The highest BCUT2D eigenvalue weighted by atomic mass is 16.5. The number of ether oxygens (including phenoxy) is 1. The summed E-state index contributed by atoms with van der Waals surface area (Å²) in [7, 11) is 0. The number of carbonyl (C=O) groups excluding carboxylic acids is 1. The van der Waals surface area contributed by atoms with Crippen molar-refractivity contribution >= 4 is 5.91 Å². The smallest absolute Gasteiger partial charge is 0.220 e. The molecule has 0 aromatic heterocycles. The van der Waals surface area contributed by atoms with Crippen molar-refractivity contribution in [3.63, 3.8) is 0 Å². The average molecular weight is 200 g/mol. The minimum Gasteiger partial charge on any atom is -0.381 e. The van der Waals surface area contributed by atoms with Gasteiger partial charge in [-0.3, -0.25) is 4.79 Å². The Morgan fingerprint density at radius 1 is 1.64 bits per heavy atom. The third kappa shape index (κ3) is 3.64. The van der Waals surface area contributed by atoms with Crippen LogP contribution < -0.4 is 11.1 Å². The Morgan fingerprint density at radius 2 is 2.36 bits per heavy atom. The van der Waals surface area contributed by atoms with Crippen LogP contribution in [-0.2, 0) is 9.53 Å². The molecule has 1 aliphatic heterocycles. The first-order valence-corrected chi connectivity index (χ1v) is 5.12. The second kappa shape index (κ2) is 4.75. The lowest BCUT2D eigenvalue weighted by molar-refractivity contribution is -0.123. The lowest BCUT2D eigenvalue weighted by atomic mass is 10.0. The second-order valence-corrected chi connectivity index (χ2v) is 4.57. The zero-order valence-electron chi connectivity index (χ0n) is 9.01. The Morgan fingerprint density at radius 3 is 2.86 bits per heavy atom. The molecule has 4 heteroatoms. The molecule has 1 unspecified atom stereocenters. The van der Waals surface area contributed by atoms with Crippen LogP contribution in [0.15, 0.2) is 0 Å². The highest BCUT2D eigenvalue weighted by Gasteiger charge is 2.23. The maximum atomic E-state index is 11.6. The van der Waals surface area contributed by atoms with Crippen LogP contribution in [0, 0.1) is 5.92 Å². The Balaban J connectivity index is 2.27. The summed E-state index contributed by atoms with van der Waals surface area (Å²) < 4.78 is 5.21. The molecule has 1 aliphatic rings. The van der Waals surface area contributed by atoms with Gasteiger partial charge in [0.05, 0.1) is 0 Å². The van der Waals surface area contributed by atoms with E-state index in [4.69, 9.17) is 10.5 Å². The van der Waals surface area contributed by atoms with E-state index < -0.39 is 0 Å². The molecule has 3 N–H and O–H groups in total. The van der Waals surface area contributed by atoms with Crippen molar-refractivity contribution in [1.29, 1.82) is 0 Å². The molecule has 0 bridgehead atoms. The summed E-state index contributed by atoms with van der Waals surface area (Å²) in [5.74, 6) is 0.472. The van der Waals surface area contributed by atoms with Gasteiger partial charge < -0.3 is 15.8 Å². The molecule has 1 saturated heterocycles. The van der Waals surface area contributed by atoms with Crippen LogP contribution in [0.25, 0.3) is 0 Å². The summed E-state index contributed by atoms with van der Waals surface area (Å²) in [6.07, 6.45) is 1.56. The number of hydrogen-bond donors (Lipinski definition) is 2. The van der Waals surface area contributed by atoms with Crippen molar-refractivity contribution in [3.8, 4) is 0 Å². The van der Waals surface area contributed by atoms with Gasteiger partial charge in [0.2, 0.25) is 5.91 Å². The van der Waals surface area contributed by atoms with Crippen LogP contribution in [0.5, 0.6) is 0 Å². The summed E-state index contributed by atoms with van der Waals surface area (Å²) in [6, 6.07) is 0. The zero-order valence-corrected chi connectivity index (χ0v) is 9.01. The van der Waals surface area contributed by atoms with E-state index in [9.17, 15) is 4.79 Å². The third-order valence-electron chi connectivity index (χ3n) is 2.49. The van der Waals surface area contributed by atoms with Crippen molar-refractivity contribution in [2.75, 3.05) is 19.8 Å². The van der Waals surface area contributed by atoms with Crippen LogP contribution >= 0.6 is 0 Å². The predicted octanol–water partition coefficient (Wildman–Crippen LogP) is 0.267. The van der Waals surface area contributed by atoms with Gasteiger partial charge in [0, 0.05) is 31.7 Å². The fourth-order valence-electron chi connectivity index (χ4n) is 1.49. The van der Waals surface area contributed by atoms with Gasteiger partial charge in [-0.05, 0) is 26.2 Å². The Kier molecular flexibility index (Phi) is 3.89. The minimum atomic E-state index is -0.295. The van der Waals surface area contributed by atoms with Gasteiger partial charge >= 0.3 is 0 Å². The van der Waals surface area contributed by atoms with Gasteiger partial charge in [-0.1, -0.05) is 0 Å². The van der Waals surface area contributed by atoms with Gasteiger partial charge in [-0.25, -0.2) is 0 Å². The van der Waals surface area contributed by atoms with Crippen molar-refractivity contribution in [2.45, 2.75) is 32.2 Å². The lowest BCUT2D eigenvalue weighted by Crippen LogP contribution is -2.49. The molecule has 1 fully saturated rings. The monoisotopic (exact) mass is 200 g/mol. The van der Waals surface area contributed by atoms with Gasteiger partial charge in [0.15, 0.2) is 0 Å². The van der Waals surface area contributed by atoms with Gasteiger partial charge in [0.1, 0.15) is 0 Å². The van der Waals surface area contributed by atoms with Gasteiger partial charge in [-0.2, -0.15) is 0 Å². The summed E-state index contributed by atoms with van der Waals surface area (Å²) in [5.41, 5.74) is 5.23. The van der Waals surface area contributed by atoms with Gasteiger partial charge in [-0.15, -0.1) is 0 Å². The van der Waals surface area contributed by atoms with E-state index in [1.54, 1.807) is 0 Å². The first-order chi connectivity index (χ1) is 6.53. The van der Waals surface area contributed by atoms with Crippen LogP contribution in [0.3, 0.4) is 0 Å². The number of hydrogen-bond acceptors (Lipinski definition) is 3. The Bertz CT molecular complexity index is 198. The molecular weight excluding hydrogens is 180 g/mol. The SMILES string of the molecule is CC(C)(CN)NC(=O)CC1CCOC1. The topological polar surface area (TPSA) is 64.3 Å². The molecule has 0 spiro atoms. The summed E-state index contributed by atoms with van der Waals surface area (Å²) >= 11 is 0. The predicted molar refractivity (Wildman–Crippen MR) is 54.8 cm³/mol. The maximum absolute atomic E-state index is 11.6. The van der Waals surface area contributed by atoms with E-state index >= 15 is 0 Å². The molecule has 0 saturated carbocycles. The molecular formula is C10H20N2O2. The molecule has 4 nitrogen and oxygen atoms in total. The number of nitrogens with one attached hydrogen (secondary N) is 1. The molecule has 82 valence electrons. The number of carbonyl (C=O) groups is 1. The highest BCUT2D eigenvalue weighted by molar-refractivity contribution is 5.77. The first-order valence-electron chi connectivity index (χ1n) is 5.12.